The monoisotopic (exact) mass is 226 g/mol. The summed E-state index contributed by atoms with van der Waals surface area (Å²) < 4.78 is 0. The van der Waals surface area contributed by atoms with Gasteiger partial charge in [-0.1, -0.05) is 0 Å². The highest BCUT2D eigenvalue weighted by molar-refractivity contribution is 5.56. The van der Waals surface area contributed by atoms with Crippen LogP contribution in [0, 0.1) is 0 Å². The topological polar surface area (TPSA) is 156 Å². The molecule has 8 heteroatoms. The molecule has 6 N–H and O–H groups in total. The number of hydrogen-bond donors (Lipinski definition) is 6. The van der Waals surface area contributed by atoms with Crippen LogP contribution in [0.5, 0.6) is 0 Å². The van der Waals surface area contributed by atoms with Crippen LogP contribution in [0.1, 0.15) is 0 Å². The van der Waals surface area contributed by atoms with E-state index in [9.17, 15) is 4.79 Å². The fourth-order valence-electron chi connectivity index (χ4n) is 0.618. The quantitative estimate of drug-likeness (QED) is 0.262. The number of carbonyl (C=O) groups excluding carboxylic acids is 1. The van der Waals surface area contributed by atoms with Gasteiger partial charge in [0, 0.05) is 0 Å². The average molecular weight is 226 g/mol. The van der Waals surface area contributed by atoms with Gasteiger partial charge in [0.25, 0.3) is 6.47 Å². The Hall–Kier alpha value is -1.06. The minimum absolute atomic E-state index is 0.0258. The Balaban J connectivity index is 0. The Morgan fingerprint density at radius 1 is 1.00 bits per heavy atom. The largest absolute Gasteiger partial charge is 0.483 e. The summed E-state index contributed by atoms with van der Waals surface area (Å²) >= 11 is 0. The molecule has 90 valence electrons. The van der Waals surface area contributed by atoms with Crippen molar-refractivity contribution in [1.82, 2.24) is 0 Å². The molecular formula is C7H14O8. The summed E-state index contributed by atoms with van der Waals surface area (Å²) in [4.78, 5) is 18.3. The van der Waals surface area contributed by atoms with Gasteiger partial charge in [-0.15, -0.1) is 0 Å². The maximum atomic E-state index is 9.90. The number of carboxylic acid groups (broad SMARTS) is 1. The molecule has 0 saturated carbocycles. The second-order valence-corrected chi connectivity index (χ2v) is 2.46. The zero-order valence-electron chi connectivity index (χ0n) is 7.67. The third kappa shape index (κ3) is 6.94. The minimum atomic E-state index is -1.79. The highest BCUT2D eigenvalue weighted by Gasteiger charge is 2.29. The number of aldehydes is 1. The second-order valence-electron chi connectivity index (χ2n) is 2.46. The van der Waals surface area contributed by atoms with E-state index in [1.807, 2.05) is 0 Å². The Labute approximate surface area is 85.0 Å². The molecule has 0 aromatic heterocycles. The zero-order chi connectivity index (χ0) is 12.4. The van der Waals surface area contributed by atoms with Gasteiger partial charge in [0.05, 0.1) is 6.61 Å². The molecule has 0 heterocycles. The zero-order valence-corrected chi connectivity index (χ0v) is 7.67. The highest BCUT2D eigenvalue weighted by atomic mass is 16.4. The first-order valence-electron chi connectivity index (χ1n) is 3.82. The van der Waals surface area contributed by atoms with Gasteiger partial charge in [-0.25, -0.2) is 0 Å². The molecule has 0 fully saturated rings. The number of aliphatic hydroxyl groups excluding tert-OH is 5. The van der Waals surface area contributed by atoms with Gasteiger partial charge < -0.3 is 35.4 Å². The third-order valence-corrected chi connectivity index (χ3v) is 1.42. The fourth-order valence-corrected chi connectivity index (χ4v) is 0.618. The molecule has 0 aliphatic rings. The summed E-state index contributed by atoms with van der Waals surface area (Å²) in [5.41, 5.74) is 0. The molecular weight excluding hydrogens is 212 g/mol. The number of hydrogen-bond acceptors (Lipinski definition) is 7. The van der Waals surface area contributed by atoms with Crippen molar-refractivity contribution >= 4 is 12.8 Å². The normalized spacial score (nSPS) is 17.7. The molecule has 4 atom stereocenters. The predicted octanol–water partition coefficient (Wildman–Crippen LogP) is -3.68. The van der Waals surface area contributed by atoms with E-state index in [2.05, 4.69) is 0 Å². The summed E-state index contributed by atoms with van der Waals surface area (Å²) in [6, 6.07) is 0. The molecule has 0 aromatic rings. The lowest BCUT2D eigenvalue weighted by Crippen LogP contribution is -2.46. The Morgan fingerprint density at radius 3 is 1.67 bits per heavy atom. The van der Waals surface area contributed by atoms with Crippen LogP contribution in [0.25, 0.3) is 0 Å². The van der Waals surface area contributed by atoms with Crippen molar-refractivity contribution in [3.63, 3.8) is 0 Å². The van der Waals surface area contributed by atoms with Gasteiger partial charge in [0.2, 0.25) is 0 Å². The van der Waals surface area contributed by atoms with E-state index >= 15 is 0 Å². The van der Waals surface area contributed by atoms with Crippen molar-refractivity contribution in [2.45, 2.75) is 24.4 Å². The summed E-state index contributed by atoms with van der Waals surface area (Å²) in [5, 5.41) is 50.4. The van der Waals surface area contributed by atoms with Crippen LogP contribution >= 0.6 is 0 Å². The van der Waals surface area contributed by atoms with E-state index < -0.39 is 31.0 Å². The van der Waals surface area contributed by atoms with Crippen molar-refractivity contribution in [2.75, 3.05) is 6.61 Å². The Morgan fingerprint density at radius 2 is 1.40 bits per heavy atom. The summed E-state index contributed by atoms with van der Waals surface area (Å²) in [6.45, 7) is -1.01. The van der Waals surface area contributed by atoms with Gasteiger partial charge in [-0.2, -0.15) is 0 Å². The first-order valence-corrected chi connectivity index (χ1v) is 3.82. The molecule has 0 rings (SSSR count). The van der Waals surface area contributed by atoms with E-state index in [4.69, 9.17) is 35.4 Å². The predicted molar refractivity (Wildman–Crippen MR) is 45.9 cm³/mol. The van der Waals surface area contributed by atoms with Gasteiger partial charge in [-0.05, 0) is 0 Å². The first-order chi connectivity index (χ1) is 6.95. The van der Waals surface area contributed by atoms with Crippen molar-refractivity contribution < 1.29 is 40.2 Å². The maximum Gasteiger partial charge on any atom is 0.290 e. The van der Waals surface area contributed by atoms with Crippen LogP contribution in [-0.2, 0) is 9.59 Å². The average Bonchev–Trinajstić information content (AvgIpc) is 2.25. The smallest absolute Gasteiger partial charge is 0.290 e. The number of aliphatic hydroxyl groups is 5. The molecule has 0 amide bonds. The van der Waals surface area contributed by atoms with Crippen LogP contribution in [0.2, 0.25) is 0 Å². The highest BCUT2D eigenvalue weighted by Crippen LogP contribution is 2.02. The SMILES string of the molecule is O=CO.O=C[C@H](O)[C@@H](O)[C@H](O)[C@H](O)CO. The minimum Gasteiger partial charge on any atom is -0.483 e. The lowest BCUT2D eigenvalue weighted by atomic mass is 10.0. The number of rotatable bonds is 5. The number of carbonyl (C=O) groups is 2. The van der Waals surface area contributed by atoms with Crippen LogP contribution < -0.4 is 0 Å². The van der Waals surface area contributed by atoms with E-state index in [0.29, 0.717) is 0 Å². The van der Waals surface area contributed by atoms with Crippen LogP contribution in [0.15, 0.2) is 0 Å². The van der Waals surface area contributed by atoms with Crippen LogP contribution in [-0.4, -0.2) is 74.4 Å². The standard InChI is InChI=1S/C6H12O6.CH2O2/c7-1-3(9)5(11)6(12)4(10)2-8;2-1-3/h1,3-6,8-12H,2H2;1H,(H,2,3)/t3-,4+,5+,6+;/m0./s1. The van der Waals surface area contributed by atoms with Crippen LogP contribution in [0.4, 0.5) is 0 Å². The molecule has 0 saturated heterocycles. The van der Waals surface area contributed by atoms with E-state index in [1.54, 1.807) is 0 Å². The van der Waals surface area contributed by atoms with Crippen molar-refractivity contribution in [3.05, 3.63) is 0 Å². The first kappa shape index (κ1) is 16.4. The van der Waals surface area contributed by atoms with Crippen molar-refractivity contribution in [1.29, 1.82) is 0 Å². The lowest BCUT2D eigenvalue weighted by molar-refractivity contribution is -0.136. The molecule has 0 aromatic carbocycles. The van der Waals surface area contributed by atoms with E-state index in [-0.39, 0.29) is 12.8 Å². The summed E-state index contributed by atoms with van der Waals surface area (Å²) in [6.07, 6.45) is -6.84. The Kier molecular flexibility index (Phi) is 10.4. The van der Waals surface area contributed by atoms with E-state index in [1.165, 1.54) is 0 Å². The Bertz CT molecular complexity index is 172. The van der Waals surface area contributed by atoms with Gasteiger partial charge in [0.1, 0.15) is 24.4 Å². The van der Waals surface area contributed by atoms with Gasteiger partial charge >= 0.3 is 0 Å². The summed E-state index contributed by atoms with van der Waals surface area (Å²) in [7, 11) is 0. The molecule has 0 radical (unpaired) electrons. The van der Waals surface area contributed by atoms with E-state index in [0.717, 1.165) is 0 Å². The maximum absolute atomic E-state index is 9.90. The third-order valence-electron chi connectivity index (χ3n) is 1.42. The van der Waals surface area contributed by atoms with Gasteiger partial charge in [-0.3, -0.25) is 4.79 Å². The second kappa shape index (κ2) is 9.49. The molecule has 8 nitrogen and oxygen atoms in total. The van der Waals surface area contributed by atoms with Crippen molar-refractivity contribution in [3.8, 4) is 0 Å². The van der Waals surface area contributed by atoms with Gasteiger partial charge in [0.15, 0.2) is 6.29 Å². The molecule has 0 spiro atoms. The molecule has 15 heavy (non-hydrogen) atoms. The summed E-state index contributed by atoms with van der Waals surface area (Å²) in [5.74, 6) is 0. The molecule has 0 aliphatic carbocycles. The fraction of sp³-hybridized carbons (Fsp3) is 0.714. The van der Waals surface area contributed by atoms with Crippen LogP contribution in [0.3, 0.4) is 0 Å². The molecule has 0 unspecified atom stereocenters. The lowest BCUT2D eigenvalue weighted by Gasteiger charge is -2.22. The van der Waals surface area contributed by atoms with Crippen molar-refractivity contribution in [2.24, 2.45) is 0 Å². The molecule has 0 bridgehead atoms. The molecule has 0 aliphatic heterocycles.